The van der Waals surface area contributed by atoms with Gasteiger partial charge >= 0.3 is 5.97 Å². The zero-order chi connectivity index (χ0) is 18.4. The first-order valence-corrected chi connectivity index (χ1v) is 11.0. The second kappa shape index (κ2) is 8.80. The number of aliphatic hydroxyl groups excluding tert-OH is 1. The quantitative estimate of drug-likeness (QED) is 0.557. The van der Waals surface area contributed by atoms with Gasteiger partial charge in [0.15, 0.2) is 8.32 Å². The number of nitrogens with one attached hydrogen (secondary N) is 1. The van der Waals surface area contributed by atoms with Gasteiger partial charge in [0.2, 0.25) is 5.91 Å². The Morgan fingerprint density at radius 1 is 1.22 bits per heavy atom. The number of carbonyl (C=O) groups is 2. The summed E-state index contributed by atoms with van der Waals surface area (Å²) in [5, 5.41) is 21.4. The van der Waals surface area contributed by atoms with Gasteiger partial charge in [0.05, 0.1) is 0 Å². The van der Waals surface area contributed by atoms with Crippen molar-refractivity contribution in [3.63, 3.8) is 0 Å². The van der Waals surface area contributed by atoms with Crippen molar-refractivity contribution in [2.45, 2.75) is 77.7 Å². The van der Waals surface area contributed by atoms with E-state index < -0.39 is 32.3 Å². The highest BCUT2D eigenvalue weighted by atomic mass is 28.4. The van der Waals surface area contributed by atoms with Crippen LogP contribution in [0, 0.1) is 5.92 Å². The van der Waals surface area contributed by atoms with Crippen molar-refractivity contribution in [2.75, 3.05) is 6.61 Å². The summed E-state index contributed by atoms with van der Waals surface area (Å²) < 4.78 is 5.94. The van der Waals surface area contributed by atoms with E-state index >= 15 is 0 Å². The van der Waals surface area contributed by atoms with E-state index in [0.717, 1.165) is 0 Å². The minimum Gasteiger partial charge on any atom is -0.480 e. The molecule has 136 valence electrons. The van der Waals surface area contributed by atoms with Crippen LogP contribution in [-0.4, -0.2) is 49.2 Å². The molecule has 0 radical (unpaired) electrons. The van der Waals surface area contributed by atoms with Gasteiger partial charge in [0.1, 0.15) is 12.1 Å². The molecule has 6 nitrogen and oxygen atoms in total. The van der Waals surface area contributed by atoms with E-state index in [1.165, 1.54) is 0 Å². The molecule has 0 aliphatic rings. The van der Waals surface area contributed by atoms with Crippen molar-refractivity contribution in [3.05, 3.63) is 0 Å². The fraction of sp³-hybridized carbons (Fsp3) is 0.875. The second-order valence-electron chi connectivity index (χ2n) is 7.94. The molecular formula is C16H33NO5Si. The zero-order valence-electron chi connectivity index (χ0n) is 15.5. The third-order valence-electron chi connectivity index (χ3n) is 4.29. The van der Waals surface area contributed by atoms with Crippen LogP contribution in [0.2, 0.25) is 18.1 Å². The lowest BCUT2D eigenvalue weighted by molar-refractivity contribution is -0.144. The summed E-state index contributed by atoms with van der Waals surface area (Å²) >= 11 is 0. The summed E-state index contributed by atoms with van der Waals surface area (Å²) in [5.41, 5.74) is 0. The first kappa shape index (κ1) is 22.1. The monoisotopic (exact) mass is 347 g/mol. The second-order valence-corrected chi connectivity index (χ2v) is 12.8. The van der Waals surface area contributed by atoms with Crippen molar-refractivity contribution in [2.24, 2.45) is 5.92 Å². The third kappa shape index (κ3) is 7.94. The Morgan fingerprint density at radius 3 is 2.13 bits per heavy atom. The van der Waals surface area contributed by atoms with Gasteiger partial charge in [-0.05, 0) is 30.5 Å². The van der Waals surface area contributed by atoms with Crippen molar-refractivity contribution in [3.8, 4) is 0 Å². The van der Waals surface area contributed by atoms with Crippen LogP contribution in [0.3, 0.4) is 0 Å². The largest absolute Gasteiger partial charge is 0.480 e. The smallest absolute Gasteiger partial charge is 0.326 e. The Bertz CT molecular complexity index is 404. The average Bonchev–Trinajstić information content (AvgIpc) is 2.34. The Balaban J connectivity index is 4.55. The van der Waals surface area contributed by atoms with E-state index in [1.54, 1.807) is 0 Å². The fourth-order valence-electron chi connectivity index (χ4n) is 1.73. The predicted octanol–water partition coefficient (Wildman–Crippen LogP) is 2.37. The summed E-state index contributed by atoms with van der Waals surface area (Å²) in [4.78, 5) is 23.1. The Labute approximate surface area is 140 Å². The fourth-order valence-corrected chi connectivity index (χ4v) is 2.79. The maximum Gasteiger partial charge on any atom is 0.326 e. The lowest BCUT2D eigenvalue weighted by Crippen LogP contribution is -2.47. The molecule has 0 bridgehead atoms. The molecule has 0 aliphatic carbocycles. The first-order valence-electron chi connectivity index (χ1n) is 8.13. The number of amides is 1. The molecule has 0 aromatic heterocycles. The standard InChI is InChI=1S/C16H33NO5Si/c1-11(2)10-13(18)14(19)17-12(15(20)21)8-9-22-23(6,7)16(3,4)5/h11-13,18H,8-10H2,1-7H3,(H,17,19)(H,20,21)/t12-,13-/m1/s1. The van der Waals surface area contributed by atoms with Crippen molar-refractivity contribution >= 4 is 20.2 Å². The number of hydrogen-bond acceptors (Lipinski definition) is 4. The molecular weight excluding hydrogens is 314 g/mol. The normalized spacial score (nSPS) is 15.3. The van der Waals surface area contributed by atoms with Gasteiger partial charge in [-0.3, -0.25) is 4.79 Å². The van der Waals surface area contributed by atoms with E-state index in [4.69, 9.17) is 4.43 Å². The van der Waals surface area contributed by atoms with Crippen LogP contribution >= 0.6 is 0 Å². The number of carbonyl (C=O) groups excluding carboxylic acids is 1. The van der Waals surface area contributed by atoms with Crippen LogP contribution in [0.15, 0.2) is 0 Å². The molecule has 0 fully saturated rings. The number of hydrogen-bond donors (Lipinski definition) is 3. The maximum atomic E-state index is 11.9. The van der Waals surface area contributed by atoms with Gasteiger partial charge < -0.3 is 20.0 Å². The minimum atomic E-state index is -1.95. The average molecular weight is 348 g/mol. The molecule has 0 unspecified atom stereocenters. The Hall–Kier alpha value is -0.923. The van der Waals surface area contributed by atoms with Crippen LogP contribution in [0.4, 0.5) is 0 Å². The Kier molecular flexibility index (Phi) is 8.44. The number of rotatable bonds is 9. The highest BCUT2D eigenvalue weighted by molar-refractivity contribution is 6.74. The number of aliphatic carboxylic acids is 1. The van der Waals surface area contributed by atoms with E-state index in [0.29, 0.717) is 6.42 Å². The van der Waals surface area contributed by atoms with Gasteiger partial charge in [0, 0.05) is 13.0 Å². The molecule has 0 spiro atoms. The van der Waals surface area contributed by atoms with Crippen LogP contribution in [0.1, 0.15) is 47.5 Å². The van der Waals surface area contributed by atoms with E-state index in [2.05, 4.69) is 39.2 Å². The van der Waals surface area contributed by atoms with Crippen molar-refractivity contribution < 1.29 is 24.2 Å². The van der Waals surface area contributed by atoms with Crippen LogP contribution < -0.4 is 5.32 Å². The van der Waals surface area contributed by atoms with Crippen molar-refractivity contribution in [1.29, 1.82) is 0 Å². The summed E-state index contributed by atoms with van der Waals surface area (Å²) in [6, 6.07) is -1.05. The van der Waals surface area contributed by atoms with Gasteiger partial charge in [-0.25, -0.2) is 4.79 Å². The maximum absolute atomic E-state index is 11.9. The molecule has 2 atom stereocenters. The van der Waals surface area contributed by atoms with E-state index in [-0.39, 0.29) is 24.0 Å². The van der Waals surface area contributed by atoms with Gasteiger partial charge in [0.25, 0.3) is 0 Å². The minimum absolute atomic E-state index is 0.0441. The van der Waals surface area contributed by atoms with E-state index in [1.807, 2.05) is 13.8 Å². The SMILES string of the molecule is CC(C)C[C@@H](O)C(=O)N[C@H](CCO[Si](C)(C)C(C)(C)C)C(=O)O. The summed E-state index contributed by atoms with van der Waals surface area (Å²) in [5.74, 6) is -1.60. The first-order chi connectivity index (χ1) is 10.3. The summed E-state index contributed by atoms with van der Waals surface area (Å²) in [7, 11) is -1.95. The van der Waals surface area contributed by atoms with Gasteiger partial charge in [-0.2, -0.15) is 0 Å². The molecule has 1 amide bonds. The molecule has 3 N–H and O–H groups in total. The summed E-state index contributed by atoms with van der Waals surface area (Å²) in [6.45, 7) is 14.6. The highest BCUT2D eigenvalue weighted by Crippen LogP contribution is 2.36. The molecule has 0 aromatic carbocycles. The lowest BCUT2D eigenvalue weighted by Gasteiger charge is -2.36. The molecule has 0 heterocycles. The molecule has 0 aromatic rings. The van der Waals surface area contributed by atoms with E-state index in [9.17, 15) is 19.8 Å². The van der Waals surface area contributed by atoms with Gasteiger partial charge in [-0.15, -0.1) is 0 Å². The molecule has 23 heavy (non-hydrogen) atoms. The van der Waals surface area contributed by atoms with Crippen LogP contribution in [0.25, 0.3) is 0 Å². The molecule has 0 rings (SSSR count). The molecule has 7 heteroatoms. The van der Waals surface area contributed by atoms with Gasteiger partial charge in [-0.1, -0.05) is 34.6 Å². The number of carboxylic acids is 1. The molecule has 0 aliphatic heterocycles. The van der Waals surface area contributed by atoms with Crippen molar-refractivity contribution in [1.82, 2.24) is 5.32 Å². The number of aliphatic hydroxyl groups is 1. The molecule has 0 saturated heterocycles. The number of carboxylic acid groups (broad SMARTS) is 1. The predicted molar refractivity (Wildman–Crippen MR) is 92.8 cm³/mol. The highest BCUT2D eigenvalue weighted by Gasteiger charge is 2.37. The molecule has 0 saturated carbocycles. The Morgan fingerprint density at radius 2 is 1.74 bits per heavy atom. The summed E-state index contributed by atoms with van der Waals surface area (Å²) in [6.07, 6.45) is -0.696. The zero-order valence-corrected chi connectivity index (χ0v) is 16.5. The topological polar surface area (TPSA) is 95.9 Å². The lowest BCUT2D eigenvalue weighted by atomic mass is 10.1. The van der Waals surface area contributed by atoms with Crippen LogP contribution in [-0.2, 0) is 14.0 Å². The third-order valence-corrected chi connectivity index (χ3v) is 8.83. The van der Waals surface area contributed by atoms with Crippen LogP contribution in [0.5, 0.6) is 0 Å².